The van der Waals surface area contributed by atoms with Crippen LogP contribution in [-0.4, -0.2) is 12.2 Å². The Morgan fingerprint density at radius 2 is 1.91 bits per heavy atom. The summed E-state index contributed by atoms with van der Waals surface area (Å²) in [6.07, 6.45) is 0.615. The Morgan fingerprint density at radius 3 is 2.64 bits per heavy atom. The van der Waals surface area contributed by atoms with Crippen molar-refractivity contribution in [2.24, 2.45) is 0 Å². The highest BCUT2D eigenvalue weighted by Gasteiger charge is 2.66. The van der Waals surface area contributed by atoms with Crippen LogP contribution in [0.4, 0.5) is 0 Å². The molecule has 4 rings (SSSR count). The third-order valence-electron chi connectivity index (χ3n) is 5.08. The molecule has 3 heteroatoms. The molecule has 2 aromatic rings. The smallest absolute Gasteiger partial charge is 0.269 e. The molecule has 3 nitrogen and oxygen atoms in total. The molecule has 0 radical (unpaired) electrons. The van der Waals surface area contributed by atoms with Crippen LogP contribution in [0.2, 0.25) is 0 Å². The molecule has 2 atom stereocenters. The van der Waals surface area contributed by atoms with Crippen LogP contribution < -0.4 is 4.74 Å². The van der Waals surface area contributed by atoms with E-state index in [1.807, 2.05) is 36.4 Å². The molecular weight excluding hydrogens is 276 g/mol. The van der Waals surface area contributed by atoms with E-state index in [2.05, 4.69) is 19.9 Å². The summed E-state index contributed by atoms with van der Waals surface area (Å²) in [4.78, 5) is 0. The van der Waals surface area contributed by atoms with Gasteiger partial charge in [0.15, 0.2) is 5.60 Å². The Kier molecular flexibility index (Phi) is 2.72. The molecule has 2 aliphatic rings. The molecule has 2 aromatic carbocycles. The summed E-state index contributed by atoms with van der Waals surface area (Å²) in [5.74, 6) is -0.309. The monoisotopic (exact) mass is 296 g/mol. The van der Waals surface area contributed by atoms with Crippen molar-refractivity contribution in [1.82, 2.24) is 0 Å². The number of aliphatic hydroxyl groups is 1. The van der Waals surface area contributed by atoms with Crippen LogP contribution in [0, 0.1) is 0 Å². The molecule has 1 N–H and O–H groups in total. The molecule has 0 fully saturated rings. The molecule has 0 unspecified atom stereocenters. The van der Waals surface area contributed by atoms with E-state index >= 15 is 0 Å². The van der Waals surface area contributed by atoms with E-state index < -0.39 is 11.4 Å². The van der Waals surface area contributed by atoms with E-state index in [4.69, 9.17) is 9.47 Å². The molecule has 0 amide bonds. The van der Waals surface area contributed by atoms with Crippen LogP contribution in [0.15, 0.2) is 42.5 Å². The third kappa shape index (κ3) is 1.48. The largest absolute Gasteiger partial charge is 0.454 e. The zero-order valence-electron chi connectivity index (χ0n) is 13.1. The average molecular weight is 296 g/mol. The third-order valence-corrected chi connectivity index (χ3v) is 5.08. The summed E-state index contributed by atoms with van der Waals surface area (Å²) in [7, 11) is 1.64. The predicted octanol–water partition coefficient (Wildman–Crippen LogP) is 3.45. The van der Waals surface area contributed by atoms with E-state index in [-0.39, 0.29) is 0 Å². The van der Waals surface area contributed by atoms with Gasteiger partial charge in [0.05, 0.1) is 0 Å². The fraction of sp³-hybridized carbons (Fsp3) is 0.368. The van der Waals surface area contributed by atoms with Crippen LogP contribution in [0.1, 0.15) is 42.0 Å². The predicted molar refractivity (Wildman–Crippen MR) is 83.9 cm³/mol. The van der Waals surface area contributed by atoms with Gasteiger partial charge in [-0.25, -0.2) is 0 Å². The van der Waals surface area contributed by atoms with Crippen LogP contribution in [0.25, 0.3) is 0 Å². The van der Waals surface area contributed by atoms with E-state index in [1.165, 1.54) is 5.56 Å². The zero-order valence-corrected chi connectivity index (χ0v) is 13.1. The molecule has 1 heterocycles. The number of hydrogen-bond acceptors (Lipinski definition) is 3. The van der Waals surface area contributed by atoms with Crippen molar-refractivity contribution >= 4 is 0 Å². The first-order chi connectivity index (χ1) is 10.5. The Bertz CT molecular complexity index is 752. The van der Waals surface area contributed by atoms with Gasteiger partial charge in [-0.3, -0.25) is 0 Å². The number of methoxy groups -OCH3 is 1. The topological polar surface area (TPSA) is 38.7 Å². The van der Waals surface area contributed by atoms with Gasteiger partial charge in [-0.2, -0.15) is 0 Å². The van der Waals surface area contributed by atoms with Crippen molar-refractivity contribution in [1.29, 1.82) is 0 Å². The molecule has 22 heavy (non-hydrogen) atoms. The summed E-state index contributed by atoms with van der Waals surface area (Å²) in [6, 6.07) is 14.0. The lowest BCUT2D eigenvalue weighted by molar-refractivity contribution is -0.253. The first-order valence-corrected chi connectivity index (χ1v) is 7.71. The quantitative estimate of drug-likeness (QED) is 0.922. The maximum absolute atomic E-state index is 11.3. The van der Waals surface area contributed by atoms with Crippen molar-refractivity contribution in [3.63, 3.8) is 0 Å². The molecular formula is C19H20O3. The van der Waals surface area contributed by atoms with Crippen LogP contribution in [0.5, 0.6) is 5.75 Å². The van der Waals surface area contributed by atoms with Crippen LogP contribution in [-0.2, 0) is 22.5 Å². The number of rotatable bonds is 2. The lowest BCUT2D eigenvalue weighted by Crippen LogP contribution is -2.47. The highest BCUT2D eigenvalue weighted by Crippen LogP contribution is 2.60. The number of fused-ring (bicyclic) bond motifs is 5. The van der Waals surface area contributed by atoms with Gasteiger partial charge in [-0.1, -0.05) is 50.2 Å². The van der Waals surface area contributed by atoms with Crippen LogP contribution >= 0.6 is 0 Å². The number of hydrogen-bond donors (Lipinski definition) is 1. The highest BCUT2D eigenvalue weighted by atomic mass is 16.7. The summed E-state index contributed by atoms with van der Waals surface area (Å²) in [5, 5.41) is 11.3. The van der Waals surface area contributed by atoms with Crippen molar-refractivity contribution in [2.75, 3.05) is 7.11 Å². The van der Waals surface area contributed by atoms with E-state index in [0.29, 0.717) is 12.3 Å². The summed E-state index contributed by atoms with van der Waals surface area (Å²) in [5.41, 5.74) is 3.14. The first-order valence-electron chi connectivity index (χ1n) is 7.71. The number of ether oxygens (including phenoxy) is 2. The molecule has 114 valence electrons. The normalized spacial score (nSPS) is 28.2. The minimum absolute atomic E-state index is 0.412. The van der Waals surface area contributed by atoms with Gasteiger partial charge >= 0.3 is 0 Å². The molecule has 0 saturated carbocycles. The minimum atomic E-state index is -1.45. The average Bonchev–Trinajstić information content (AvgIpc) is 2.90. The molecule has 0 saturated heterocycles. The van der Waals surface area contributed by atoms with Gasteiger partial charge in [0.1, 0.15) is 5.75 Å². The van der Waals surface area contributed by atoms with Crippen molar-refractivity contribution in [2.45, 2.75) is 37.6 Å². The molecule has 0 spiro atoms. The molecule has 1 aliphatic heterocycles. The van der Waals surface area contributed by atoms with Crippen molar-refractivity contribution in [3.8, 4) is 5.75 Å². The van der Waals surface area contributed by atoms with Crippen molar-refractivity contribution in [3.05, 3.63) is 64.7 Å². The Balaban J connectivity index is 1.92. The van der Waals surface area contributed by atoms with Gasteiger partial charge in [-0.15, -0.1) is 0 Å². The van der Waals surface area contributed by atoms with E-state index in [1.54, 1.807) is 7.11 Å². The second-order valence-corrected chi connectivity index (χ2v) is 6.52. The van der Waals surface area contributed by atoms with Gasteiger partial charge in [0.2, 0.25) is 0 Å². The number of benzene rings is 2. The van der Waals surface area contributed by atoms with Gasteiger partial charge in [-0.05, 0) is 23.1 Å². The lowest BCUT2D eigenvalue weighted by Gasteiger charge is -2.33. The van der Waals surface area contributed by atoms with Gasteiger partial charge in [0, 0.05) is 24.7 Å². The standard InChI is InChI=1S/C19H20O3/c1-12(2)13-8-9-16-17(10-13)22-19(20)15-7-5-4-6-14(15)11-18(16,19)21-3/h4-10,12,20H,11H2,1-3H3/t18-,19-/m0/s1. The maximum Gasteiger partial charge on any atom is 0.269 e. The van der Waals surface area contributed by atoms with Gasteiger partial charge in [0.25, 0.3) is 5.79 Å². The Hall–Kier alpha value is -1.84. The fourth-order valence-electron chi connectivity index (χ4n) is 3.82. The second-order valence-electron chi connectivity index (χ2n) is 6.52. The minimum Gasteiger partial charge on any atom is -0.454 e. The summed E-state index contributed by atoms with van der Waals surface area (Å²) < 4.78 is 11.9. The Labute approximate surface area is 130 Å². The maximum atomic E-state index is 11.3. The van der Waals surface area contributed by atoms with Gasteiger partial charge < -0.3 is 14.6 Å². The highest BCUT2D eigenvalue weighted by molar-refractivity contribution is 5.55. The SMILES string of the molecule is CO[C@]12Cc3ccccc3[C@]1(O)Oc1cc(C(C)C)ccc12. The summed E-state index contributed by atoms with van der Waals surface area (Å²) in [6.45, 7) is 4.29. The van der Waals surface area contributed by atoms with Crippen LogP contribution in [0.3, 0.4) is 0 Å². The zero-order chi connectivity index (χ0) is 15.5. The fourth-order valence-corrected chi connectivity index (χ4v) is 3.82. The van der Waals surface area contributed by atoms with E-state index in [0.717, 1.165) is 22.4 Å². The molecule has 0 bridgehead atoms. The lowest BCUT2D eigenvalue weighted by atomic mass is 9.86. The summed E-state index contributed by atoms with van der Waals surface area (Å²) >= 11 is 0. The Morgan fingerprint density at radius 1 is 1.14 bits per heavy atom. The van der Waals surface area contributed by atoms with E-state index in [9.17, 15) is 5.11 Å². The molecule has 1 aliphatic carbocycles. The second kappa shape index (κ2) is 4.34. The van der Waals surface area contributed by atoms with Crippen molar-refractivity contribution < 1.29 is 14.6 Å². The first kappa shape index (κ1) is 13.8. The molecule has 0 aromatic heterocycles.